The minimum absolute atomic E-state index is 0.0649. The minimum atomic E-state index is -0.0649. The number of anilines is 1. The largest absolute Gasteiger partial charge is 0.322 e. The van der Waals surface area contributed by atoms with E-state index in [1.54, 1.807) is 17.1 Å². The van der Waals surface area contributed by atoms with Crippen LogP contribution in [0.5, 0.6) is 0 Å². The second kappa shape index (κ2) is 5.00. The van der Waals surface area contributed by atoms with Gasteiger partial charge in [-0.3, -0.25) is 4.68 Å². The Labute approximate surface area is 118 Å². The van der Waals surface area contributed by atoms with Crippen molar-refractivity contribution in [3.63, 3.8) is 0 Å². The molecule has 1 aliphatic heterocycles. The zero-order chi connectivity index (χ0) is 14.1. The first-order valence-electron chi connectivity index (χ1n) is 6.76. The van der Waals surface area contributed by atoms with Crippen molar-refractivity contribution in [3.8, 4) is 0 Å². The number of urea groups is 1. The molecular weight excluding hydrogens is 252 g/mol. The van der Waals surface area contributed by atoms with Gasteiger partial charge >= 0.3 is 6.03 Å². The number of carbonyl (C=O) groups excluding carboxylic acids is 1. The summed E-state index contributed by atoms with van der Waals surface area (Å²) < 4.78 is 1.67. The molecule has 1 saturated heterocycles. The molecule has 1 aromatic carbocycles. The van der Waals surface area contributed by atoms with Crippen LogP contribution >= 0.6 is 0 Å². The van der Waals surface area contributed by atoms with Gasteiger partial charge in [0.15, 0.2) is 0 Å². The molecule has 2 atom stereocenters. The lowest BCUT2D eigenvalue weighted by Gasteiger charge is -2.46. The third-order valence-corrected chi connectivity index (χ3v) is 3.72. The van der Waals surface area contributed by atoms with E-state index in [4.69, 9.17) is 0 Å². The number of benzene rings is 1. The number of rotatable bonds is 2. The molecule has 0 saturated carbocycles. The third kappa shape index (κ3) is 2.27. The van der Waals surface area contributed by atoms with E-state index in [1.165, 1.54) is 5.56 Å². The molecule has 0 bridgehead atoms. The maximum atomic E-state index is 12.3. The summed E-state index contributed by atoms with van der Waals surface area (Å²) in [7, 11) is 1.83. The molecule has 2 unspecified atom stereocenters. The van der Waals surface area contributed by atoms with Crippen molar-refractivity contribution < 1.29 is 4.79 Å². The Morgan fingerprint density at radius 1 is 1.35 bits per heavy atom. The fourth-order valence-electron chi connectivity index (χ4n) is 2.74. The maximum absolute atomic E-state index is 12.3. The van der Waals surface area contributed by atoms with Gasteiger partial charge in [0.25, 0.3) is 0 Å². The molecule has 3 rings (SSSR count). The van der Waals surface area contributed by atoms with E-state index in [-0.39, 0.29) is 12.1 Å². The molecule has 0 aliphatic carbocycles. The average molecular weight is 270 g/mol. The Balaban J connectivity index is 1.72. The Kier molecular flexibility index (Phi) is 3.18. The molecule has 0 radical (unpaired) electrons. The standard InChI is InChI=1S/C15H18N4O/c1-11-9-19(14(11)12-6-4-3-5-7-12)15(20)17-13-8-16-18(2)10-13/h3-8,10-11,14H,9H2,1-2H3,(H,17,20). The van der Waals surface area contributed by atoms with Crippen molar-refractivity contribution in [2.45, 2.75) is 13.0 Å². The molecule has 104 valence electrons. The maximum Gasteiger partial charge on any atom is 0.322 e. The Bertz CT molecular complexity index is 607. The van der Waals surface area contributed by atoms with Gasteiger partial charge in [-0.2, -0.15) is 5.10 Å². The number of aryl methyl sites for hydroxylation is 1. The Morgan fingerprint density at radius 2 is 2.10 bits per heavy atom. The summed E-state index contributed by atoms with van der Waals surface area (Å²) in [5.41, 5.74) is 1.91. The van der Waals surface area contributed by atoms with Crippen LogP contribution in [0.3, 0.4) is 0 Å². The predicted molar refractivity (Wildman–Crippen MR) is 77.3 cm³/mol. The van der Waals surface area contributed by atoms with Gasteiger partial charge in [-0.05, 0) is 11.5 Å². The first kappa shape index (κ1) is 12.7. The van der Waals surface area contributed by atoms with Crippen molar-refractivity contribution in [1.29, 1.82) is 0 Å². The van der Waals surface area contributed by atoms with Gasteiger partial charge in [-0.15, -0.1) is 0 Å². The number of aromatic nitrogens is 2. The Morgan fingerprint density at radius 3 is 2.70 bits per heavy atom. The summed E-state index contributed by atoms with van der Waals surface area (Å²) in [4.78, 5) is 14.2. The van der Waals surface area contributed by atoms with Crippen LogP contribution < -0.4 is 5.32 Å². The van der Waals surface area contributed by atoms with E-state index in [0.29, 0.717) is 5.92 Å². The molecule has 1 aromatic heterocycles. The summed E-state index contributed by atoms with van der Waals surface area (Å²) in [6.45, 7) is 2.96. The number of carbonyl (C=O) groups is 1. The molecule has 5 nitrogen and oxygen atoms in total. The molecular formula is C15H18N4O. The number of amides is 2. The number of likely N-dealkylation sites (tertiary alicyclic amines) is 1. The van der Waals surface area contributed by atoms with Crippen molar-refractivity contribution in [2.24, 2.45) is 13.0 Å². The minimum Gasteiger partial charge on any atom is -0.317 e. The normalized spacial score (nSPS) is 21.4. The molecule has 2 aromatic rings. The number of hydrogen-bond acceptors (Lipinski definition) is 2. The topological polar surface area (TPSA) is 50.2 Å². The quantitative estimate of drug-likeness (QED) is 0.912. The monoisotopic (exact) mass is 270 g/mol. The van der Waals surface area contributed by atoms with Gasteiger partial charge in [-0.1, -0.05) is 37.3 Å². The van der Waals surface area contributed by atoms with Gasteiger partial charge in [-0.25, -0.2) is 4.79 Å². The van der Waals surface area contributed by atoms with Gasteiger partial charge in [0.2, 0.25) is 0 Å². The molecule has 5 heteroatoms. The molecule has 1 aliphatic rings. The van der Waals surface area contributed by atoms with Gasteiger partial charge in [0.1, 0.15) is 0 Å². The molecule has 2 heterocycles. The number of hydrogen-bond donors (Lipinski definition) is 1. The summed E-state index contributed by atoms with van der Waals surface area (Å²) in [6.07, 6.45) is 3.44. The summed E-state index contributed by atoms with van der Waals surface area (Å²) in [5.74, 6) is 0.483. The van der Waals surface area contributed by atoms with Gasteiger partial charge < -0.3 is 10.2 Å². The third-order valence-electron chi connectivity index (χ3n) is 3.72. The van der Waals surface area contributed by atoms with Crippen LogP contribution in [0.4, 0.5) is 10.5 Å². The lowest BCUT2D eigenvalue weighted by molar-refractivity contribution is 0.0671. The van der Waals surface area contributed by atoms with Crippen LogP contribution in [0.2, 0.25) is 0 Å². The van der Waals surface area contributed by atoms with Crippen molar-refractivity contribution in [1.82, 2.24) is 14.7 Å². The molecule has 1 N–H and O–H groups in total. The first-order chi connectivity index (χ1) is 9.65. The molecule has 20 heavy (non-hydrogen) atoms. The van der Waals surface area contributed by atoms with E-state index in [2.05, 4.69) is 29.5 Å². The second-order valence-corrected chi connectivity index (χ2v) is 5.32. The number of nitrogens with zero attached hydrogens (tertiary/aromatic N) is 3. The van der Waals surface area contributed by atoms with Crippen LogP contribution in [0, 0.1) is 5.92 Å². The highest BCUT2D eigenvalue weighted by Crippen LogP contribution is 2.38. The highest BCUT2D eigenvalue weighted by atomic mass is 16.2. The fourth-order valence-corrected chi connectivity index (χ4v) is 2.74. The van der Waals surface area contributed by atoms with E-state index in [1.807, 2.05) is 30.1 Å². The predicted octanol–water partition coefficient (Wildman–Crippen LogP) is 2.65. The second-order valence-electron chi connectivity index (χ2n) is 5.32. The first-order valence-corrected chi connectivity index (χ1v) is 6.76. The van der Waals surface area contributed by atoms with Gasteiger partial charge in [0, 0.05) is 19.8 Å². The average Bonchev–Trinajstić information content (AvgIpc) is 2.82. The lowest BCUT2D eigenvalue weighted by atomic mass is 9.85. The van der Waals surface area contributed by atoms with Crippen LogP contribution in [0.15, 0.2) is 42.7 Å². The fraction of sp³-hybridized carbons (Fsp3) is 0.333. The van der Waals surface area contributed by atoms with Crippen molar-refractivity contribution >= 4 is 11.7 Å². The zero-order valence-corrected chi connectivity index (χ0v) is 11.7. The van der Waals surface area contributed by atoms with Crippen LogP contribution in [0.1, 0.15) is 18.5 Å². The van der Waals surface area contributed by atoms with Crippen LogP contribution in [-0.2, 0) is 7.05 Å². The SMILES string of the molecule is CC1CN(C(=O)Nc2cnn(C)c2)C1c1ccccc1. The zero-order valence-electron chi connectivity index (χ0n) is 11.7. The molecule has 1 fully saturated rings. The van der Waals surface area contributed by atoms with Crippen molar-refractivity contribution in [2.75, 3.05) is 11.9 Å². The molecule has 0 spiro atoms. The summed E-state index contributed by atoms with van der Waals surface area (Å²) >= 11 is 0. The highest BCUT2D eigenvalue weighted by Gasteiger charge is 2.39. The van der Waals surface area contributed by atoms with E-state index >= 15 is 0 Å². The van der Waals surface area contributed by atoms with E-state index in [0.717, 1.165) is 12.2 Å². The van der Waals surface area contributed by atoms with E-state index in [9.17, 15) is 4.79 Å². The Hall–Kier alpha value is -2.30. The van der Waals surface area contributed by atoms with Crippen molar-refractivity contribution in [3.05, 3.63) is 48.3 Å². The van der Waals surface area contributed by atoms with Crippen LogP contribution in [-0.4, -0.2) is 27.3 Å². The molecule has 2 amide bonds. The number of nitrogens with one attached hydrogen (secondary N) is 1. The van der Waals surface area contributed by atoms with Gasteiger partial charge in [0.05, 0.1) is 17.9 Å². The van der Waals surface area contributed by atoms with Crippen LogP contribution in [0.25, 0.3) is 0 Å². The summed E-state index contributed by atoms with van der Waals surface area (Å²) in [5, 5.41) is 6.94. The smallest absolute Gasteiger partial charge is 0.317 e. The lowest BCUT2D eigenvalue weighted by Crippen LogP contribution is -2.53. The van der Waals surface area contributed by atoms with E-state index < -0.39 is 0 Å². The summed E-state index contributed by atoms with van der Waals surface area (Å²) in [6, 6.07) is 10.3. The highest BCUT2D eigenvalue weighted by molar-refractivity contribution is 5.90.